The van der Waals surface area contributed by atoms with Crippen molar-refractivity contribution in [3.05, 3.63) is 35.4 Å². The Balaban J connectivity index is 2.19. The van der Waals surface area contributed by atoms with Crippen LogP contribution in [0.3, 0.4) is 0 Å². The first-order chi connectivity index (χ1) is 10.6. The summed E-state index contributed by atoms with van der Waals surface area (Å²) in [5.74, 6) is -0.363. The molecule has 0 radical (unpaired) electrons. The maximum Gasteiger partial charge on any atom is 0.405 e. The van der Waals surface area contributed by atoms with Gasteiger partial charge in [0.2, 0.25) is 5.91 Å². The van der Waals surface area contributed by atoms with Crippen LogP contribution in [0, 0.1) is 0 Å². The molecule has 1 aliphatic rings. The number of alkyl halides is 3. The molecule has 0 aliphatic carbocycles. The van der Waals surface area contributed by atoms with Crippen molar-refractivity contribution >= 4 is 5.91 Å². The summed E-state index contributed by atoms with van der Waals surface area (Å²) >= 11 is 0. The third kappa shape index (κ3) is 4.05. The molecule has 2 rings (SSSR count). The SMILES string of the molecule is CCc1ccccc1CCC(N1NC(=O)CC1(C)C)C(F)(F)F. The van der Waals surface area contributed by atoms with Gasteiger partial charge >= 0.3 is 6.18 Å². The summed E-state index contributed by atoms with van der Waals surface area (Å²) in [4.78, 5) is 11.6. The van der Waals surface area contributed by atoms with Gasteiger partial charge in [-0.3, -0.25) is 10.2 Å². The average Bonchev–Trinajstić information content (AvgIpc) is 2.71. The molecule has 1 aromatic carbocycles. The third-order valence-corrected chi connectivity index (χ3v) is 4.37. The van der Waals surface area contributed by atoms with Crippen molar-refractivity contribution < 1.29 is 18.0 Å². The Morgan fingerprint density at radius 2 is 1.87 bits per heavy atom. The summed E-state index contributed by atoms with van der Waals surface area (Å²) in [5, 5.41) is 1.09. The topological polar surface area (TPSA) is 32.3 Å². The predicted octanol–water partition coefficient (Wildman–Crippen LogP) is 3.63. The van der Waals surface area contributed by atoms with E-state index in [2.05, 4.69) is 5.43 Å². The van der Waals surface area contributed by atoms with Gasteiger partial charge in [0, 0.05) is 12.0 Å². The van der Waals surface area contributed by atoms with Crippen molar-refractivity contribution in [2.24, 2.45) is 0 Å². The molecule has 1 aliphatic heterocycles. The van der Waals surface area contributed by atoms with Crippen LogP contribution in [0.5, 0.6) is 0 Å². The Bertz CT molecular complexity index is 569. The second kappa shape index (κ2) is 6.51. The highest BCUT2D eigenvalue weighted by molar-refractivity contribution is 5.78. The highest BCUT2D eigenvalue weighted by atomic mass is 19.4. The summed E-state index contributed by atoms with van der Waals surface area (Å²) < 4.78 is 40.6. The number of hydrogen-bond acceptors (Lipinski definition) is 2. The number of hydrogen-bond donors (Lipinski definition) is 1. The number of hydrazine groups is 1. The molecule has 1 heterocycles. The van der Waals surface area contributed by atoms with Crippen molar-refractivity contribution in [3.63, 3.8) is 0 Å². The van der Waals surface area contributed by atoms with Crippen LogP contribution in [0.1, 0.15) is 44.7 Å². The van der Waals surface area contributed by atoms with E-state index in [9.17, 15) is 18.0 Å². The molecule has 1 atom stereocenters. The van der Waals surface area contributed by atoms with Gasteiger partial charge in [-0.05, 0) is 44.2 Å². The molecule has 1 fully saturated rings. The highest BCUT2D eigenvalue weighted by Gasteiger charge is 2.51. The molecule has 0 spiro atoms. The molecule has 23 heavy (non-hydrogen) atoms. The molecule has 0 saturated carbocycles. The largest absolute Gasteiger partial charge is 0.405 e. The number of aryl methyl sites for hydroxylation is 2. The Hall–Kier alpha value is -1.56. The van der Waals surface area contributed by atoms with Crippen LogP contribution in [-0.2, 0) is 17.6 Å². The lowest BCUT2D eigenvalue weighted by molar-refractivity contribution is -0.202. The fourth-order valence-electron chi connectivity index (χ4n) is 3.18. The zero-order chi connectivity index (χ0) is 17.3. The van der Waals surface area contributed by atoms with Crippen LogP contribution < -0.4 is 5.43 Å². The first-order valence-corrected chi connectivity index (χ1v) is 7.87. The zero-order valence-corrected chi connectivity index (χ0v) is 13.7. The van der Waals surface area contributed by atoms with Crippen LogP contribution in [0.25, 0.3) is 0 Å². The molecule has 1 aromatic rings. The van der Waals surface area contributed by atoms with E-state index in [1.807, 2.05) is 31.2 Å². The second-order valence-electron chi connectivity index (χ2n) is 6.61. The molecule has 1 saturated heterocycles. The normalized spacial score (nSPS) is 19.7. The van der Waals surface area contributed by atoms with Gasteiger partial charge in [0.05, 0.1) is 0 Å². The minimum atomic E-state index is -4.39. The standard InChI is InChI=1S/C17H23F3N2O/c1-4-12-7-5-6-8-13(12)9-10-14(17(18,19)20)22-16(2,3)11-15(23)21-22/h5-8,14H,4,9-11H2,1-3H3,(H,21,23). The third-order valence-electron chi connectivity index (χ3n) is 4.37. The van der Waals surface area contributed by atoms with E-state index < -0.39 is 17.8 Å². The van der Waals surface area contributed by atoms with Crippen LogP contribution in [0.2, 0.25) is 0 Å². The van der Waals surface area contributed by atoms with Gasteiger partial charge < -0.3 is 0 Å². The highest BCUT2D eigenvalue weighted by Crippen LogP contribution is 2.35. The van der Waals surface area contributed by atoms with Crippen molar-refractivity contribution in [1.29, 1.82) is 0 Å². The number of rotatable bonds is 5. The lowest BCUT2D eigenvalue weighted by Gasteiger charge is -2.37. The quantitative estimate of drug-likeness (QED) is 0.895. The van der Waals surface area contributed by atoms with Crippen LogP contribution in [0.15, 0.2) is 24.3 Å². The number of benzene rings is 1. The molecule has 128 valence electrons. The van der Waals surface area contributed by atoms with Gasteiger partial charge in [-0.25, -0.2) is 5.01 Å². The van der Waals surface area contributed by atoms with Gasteiger partial charge in [-0.15, -0.1) is 0 Å². The molecule has 3 nitrogen and oxygen atoms in total. The molecular weight excluding hydrogens is 305 g/mol. The number of nitrogens with zero attached hydrogens (tertiary/aromatic N) is 1. The lowest BCUT2D eigenvalue weighted by Crippen LogP contribution is -2.56. The maximum absolute atomic E-state index is 13.5. The summed E-state index contributed by atoms with van der Waals surface area (Å²) in [7, 11) is 0. The Morgan fingerprint density at radius 1 is 1.26 bits per heavy atom. The maximum atomic E-state index is 13.5. The van der Waals surface area contributed by atoms with Gasteiger partial charge in [0.25, 0.3) is 0 Å². The molecule has 1 N–H and O–H groups in total. The average molecular weight is 328 g/mol. The van der Waals surface area contributed by atoms with E-state index in [1.165, 1.54) is 0 Å². The fraction of sp³-hybridized carbons (Fsp3) is 0.588. The Morgan fingerprint density at radius 3 is 2.35 bits per heavy atom. The van der Waals surface area contributed by atoms with Crippen LogP contribution in [-0.4, -0.2) is 28.7 Å². The molecule has 0 aromatic heterocycles. The van der Waals surface area contributed by atoms with Crippen molar-refractivity contribution in [2.75, 3.05) is 0 Å². The van der Waals surface area contributed by atoms with Gasteiger partial charge in [0.1, 0.15) is 6.04 Å². The number of amides is 1. The van der Waals surface area contributed by atoms with E-state index in [4.69, 9.17) is 0 Å². The van der Waals surface area contributed by atoms with Crippen molar-refractivity contribution in [1.82, 2.24) is 10.4 Å². The lowest BCUT2D eigenvalue weighted by atomic mass is 9.95. The van der Waals surface area contributed by atoms with E-state index in [1.54, 1.807) is 13.8 Å². The molecule has 1 amide bonds. The fourth-order valence-corrected chi connectivity index (χ4v) is 3.18. The monoisotopic (exact) mass is 328 g/mol. The number of carbonyl (C=O) groups excluding carboxylic acids is 1. The number of nitrogens with one attached hydrogen (secondary N) is 1. The zero-order valence-electron chi connectivity index (χ0n) is 13.7. The van der Waals surface area contributed by atoms with E-state index >= 15 is 0 Å². The van der Waals surface area contributed by atoms with E-state index in [-0.39, 0.29) is 18.7 Å². The summed E-state index contributed by atoms with van der Waals surface area (Å²) in [5.41, 5.74) is 3.55. The van der Waals surface area contributed by atoms with Crippen LogP contribution >= 0.6 is 0 Å². The molecule has 1 unspecified atom stereocenters. The predicted molar refractivity (Wildman–Crippen MR) is 82.7 cm³/mol. The van der Waals surface area contributed by atoms with E-state index in [0.29, 0.717) is 6.42 Å². The number of carbonyl (C=O) groups is 1. The van der Waals surface area contributed by atoms with Gasteiger partial charge in [-0.2, -0.15) is 13.2 Å². The molecule has 0 bridgehead atoms. The van der Waals surface area contributed by atoms with Crippen molar-refractivity contribution in [3.8, 4) is 0 Å². The van der Waals surface area contributed by atoms with Crippen molar-refractivity contribution in [2.45, 2.75) is 64.2 Å². The molecule has 6 heteroatoms. The summed E-state index contributed by atoms with van der Waals surface area (Å²) in [6.07, 6.45) is -3.28. The summed E-state index contributed by atoms with van der Waals surface area (Å²) in [6, 6.07) is 5.87. The smallest absolute Gasteiger partial charge is 0.288 e. The Labute approximate surface area is 134 Å². The molecular formula is C17H23F3N2O. The Kier molecular flexibility index (Phi) is 5.04. The summed E-state index contributed by atoms with van der Waals surface area (Å²) in [6.45, 7) is 5.30. The van der Waals surface area contributed by atoms with E-state index in [0.717, 1.165) is 22.6 Å². The van der Waals surface area contributed by atoms with Gasteiger partial charge in [0.15, 0.2) is 0 Å². The van der Waals surface area contributed by atoms with Gasteiger partial charge in [-0.1, -0.05) is 31.2 Å². The minimum absolute atomic E-state index is 0.0745. The first kappa shape index (κ1) is 17.8. The second-order valence-corrected chi connectivity index (χ2v) is 6.61. The minimum Gasteiger partial charge on any atom is -0.288 e. The first-order valence-electron chi connectivity index (χ1n) is 7.87. The number of halogens is 3. The van der Waals surface area contributed by atoms with Crippen LogP contribution in [0.4, 0.5) is 13.2 Å².